The standard InChI is InChI=1S/C13H20N2O7/c1-9(14(19)20)3-5-11(16)7-13(18)8-12(17)6-4-10(2)15(21)22/h9-10H,3-8H2,1-2H3. The summed E-state index contributed by atoms with van der Waals surface area (Å²) in [6.45, 7) is 2.74. The van der Waals surface area contributed by atoms with E-state index in [1.807, 2.05) is 0 Å². The summed E-state index contributed by atoms with van der Waals surface area (Å²) < 4.78 is 0. The van der Waals surface area contributed by atoms with E-state index in [1.54, 1.807) is 0 Å². The fourth-order valence-corrected chi connectivity index (χ4v) is 1.63. The van der Waals surface area contributed by atoms with Crippen LogP contribution in [0, 0.1) is 20.2 Å². The SMILES string of the molecule is CC(CCC(=O)CC(=O)CC(=O)CCC(C)[N+](=O)[O-])[N+](=O)[O-]. The second kappa shape index (κ2) is 9.69. The number of carbonyl (C=O) groups excluding carboxylic acids is 3. The quantitative estimate of drug-likeness (QED) is 0.301. The molecule has 0 amide bonds. The third-order valence-corrected chi connectivity index (χ3v) is 3.19. The Morgan fingerprint density at radius 3 is 1.36 bits per heavy atom. The predicted molar refractivity (Wildman–Crippen MR) is 75.6 cm³/mol. The van der Waals surface area contributed by atoms with Crippen LogP contribution >= 0.6 is 0 Å². The average molecular weight is 316 g/mol. The molecule has 0 rings (SSSR count). The van der Waals surface area contributed by atoms with E-state index in [1.165, 1.54) is 13.8 Å². The first-order valence-corrected chi connectivity index (χ1v) is 6.95. The van der Waals surface area contributed by atoms with Crippen molar-refractivity contribution in [2.24, 2.45) is 0 Å². The molecule has 22 heavy (non-hydrogen) atoms. The summed E-state index contributed by atoms with van der Waals surface area (Å²) in [5.41, 5.74) is 0. The number of nitro groups is 2. The number of Topliss-reactive ketones (excluding diaryl/α,β-unsaturated/α-hetero) is 3. The van der Waals surface area contributed by atoms with Crippen molar-refractivity contribution in [1.82, 2.24) is 0 Å². The lowest BCUT2D eigenvalue weighted by atomic mass is 10.0. The van der Waals surface area contributed by atoms with Gasteiger partial charge in [-0.2, -0.15) is 0 Å². The van der Waals surface area contributed by atoms with Crippen molar-refractivity contribution in [3.63, 3.8) is 0 Å². The third kappa shape index (κ3) is 8.88. The Bertz CT molecular complexity index is 421. The van der Waals surface area contributed by atoms with E-state index in [0.29, 0.717) is 0 Å². The summed E-state index contributed by atoms with van der Waals surface area (Å²) in [4.78, 5) is 54.2. The second-order valence-corrected chi connectivity index (χ2v) is 5.32. The molecule has 0 saturated carbocycles. The monoisotopic (exact) mass is 316 g/mol. The van der Waals surface area contributed by atoms with Crippen LogP contribution in [0.5, 0.6) is 0 Å². The number of hydrogen-bond acceptors (Lipinski definition) is 7. The Hall–Kier alpha value is -2.19. The first kappa shape index (κ1) is 19.8. The molecule has 0 aliphatic heterocycles. The van der Waals surface area contributed by atoms with Crippen LogP contribution in [0.2, 0.25) is 0 Å². The van der Waals surface area contributed by atoms with Gasteiger partial charge in [-0.1, -0.05) is 0 Å². The molecule has 0 aliphatic carbocycles. The molecule has 2 unspecified atom stereocenters. The summed E-state index contributed by atoms with van der Waals surface area (Å²) in [6, 6.07) is -1.71. The van der Waals surface area contributed by atoms with E-state index in [-0.39, 0.29) is 25.7 Å². The number of ketones is 3. The molecule has 2 atom stereocenters. The van der Waals surface area contributed by atoms with Gasteiger partial charge in [0.05, 0.1) is 12.8 Å². The molecule has 0 N–H and O–H groups in total. The van der Waals surface area contributed by atoms with Crippen LogP contribution in [0.4, 0.5) is 0 Å². The van der Waals surface area contributed by atoms with E-state index >= 15 is 0 Å². The number of hydrogen-bond donors (Lipinski definition) is 0. The van der Waals surface area contributed by atoms with Gasteiger partial charge in [0.2, 0.25) is 12.1 Å². The predicted octanol–water partition coefficient (Wildman–Crippen LogP) is 1.36. The van der Waals surface area contributed by atoms with Crippen molar-refractivity contribution in [1.29, 1.82) is 0 Å². The van der Waals surface area contributed by atoms with Crippen molar-refractivity contribution in [3.8, 4) is 0 Å². The number of nitrogens with zero attached hydrogens (tertiary/aromatic N) is 2. The van der Waals surface area contributed by atoms with E-state index in [2.05, 4.69) is 0 Å². The number of carbonyl (C=O) groups is 3. The molecule has 9 heteroatoms. The minimum Gasteiger partial charge on any atom is -0.299 e. The Morgan fingerprint density at radius 1 is 0.773 bits per heavy atom. The van der Waals surface area contributed by atoms with Gasteiger partial charge in [0.15, 0.2) is 0 Å². The molecule has 9 nitrogen and oxygen atoms in total. The fraction of sp³-hybridized carbons (Fsp3) is 0.769. The molecule has 0 saturated heterocycles. The van der Waals surface area contributed by atoms with E-state index < -0.39 is 52.1 Å². The Balaban J connectivity index is 4.02. The number of rotatable bonds is 12. The molecule has 0 spiro atoms. The van der Waals surface area contributed by atoms with Crippen molar-refractivity contribution in [2.45, 2.75) is 64.5 Å². The highest BCUT2D eigenvalue weighted by Crippen LogP contribution is 2.07. The average Bonchev–Trinajstić information content (AvgIpc) is 2.41. The Labute approximate surface area is 127 Å². The zero-order chi connectivity index (χ0) is 17.3. The normalized spacial score (nSPS) is 13.2. The lowest BCUT2D eigenvalue weighted by Crippen LogP contribution is -2.19. The van der Waals surface area contributed by atoms with Gasteiger partial charge in [0.1, 0.15) is 17.3 Å². The van der Waals surface area contributed by atoms with Crippen molar-refractivity contribution in [3.05, 3.63) is 20.2 Å². The van der Waals surface area contributed by atoms with Crippen molar-refractivity contribution >= 4 is 17.3 Å². The summed E-state index contributed by atoms with van der Waals surface area (Å²) in [6.07, 6.45) is -0.927. The molecule has 0 bridgehead atoms. The van der Waals surface area contributed by atoms with E-state index in [4.69, 9.17) is 0 Å². The summed E-state index contributed by atoms with van der Waals surface area (Å²) in [5.74, 6) is -1.44. The first-order valence-electron chi connectivity index (χ1n) is 6.95. The van der Waals surface area contributed by atoms with Gasteiger partial charge in [-0.3, -0.25) is 34.6 Å². The molecule has 0 heterocycles. The fourth-order valence-electron chi connectivity index (χ4n) is 1.63. The van der Waals surface area contributed by atoms with Crippen LogP contribution in [0.3, 0.4) is 0 Å². The highest BCUT2D eigenvalue weighted by atomic mass is 16.6. The van der Waals surface area contributed by atoms with Crippen LogP contribution < -0.4 is 0 Å². The van der Waals surface area contributed by atoms with Gasteiger partial charge in [0.25, 0.3) is 0 Å². The lowest BCUT2D eigenvalue weighted by Gasteiger charge is -2.04. The minimum absolute atomic E-state index is 0.0490. The zero-order valence-corrected chi connectivity index (χ0v) is 12.6. The summed E-state index contributed by atoms with van der Waals surface area (Å²) in [5, 5.41) is 20.8. The largest absolute Gasteiger partial charge is 0.299 e. The smallest absolute Gasteiger partial charge is 0.210 e. The maximum atomic E-state index is 11.5. The van der Waals surface area contributed by atoms with Crippen LogP contribution in [0.25, 0.3) is 0 Å². The van der Waals surface area contributed by atoms with Gasteiger partial charge in [-0.25, -0.2) is 0 Å². The highest BCUT2D eigenvalue weighted by molar-refractivity contribution is 6.07. The maximum Gasteiger partial charge on any atom is 0.210 e. The molecular formula is C13H20N2O7. The first-order chi connectivity index (χ1) is 10.1. The van der Waals surface area contributed by atoms with E-state index in [9.17, 15) is 34.6 Å². The molecule has 0 radical (unpaired) electrons. The van der Waals surface area contributed by atoms with Crippen LogP contribution in [-0.4, -0.2) is 39.3 Å². The summed E-state index contributed by atoms with van der Waals surface area (Å²) >= 11 is 0. The molecule has 0 aromatic rings. The minimum atomic E-state index is -0.857. The molecule has 124 valence electrons. The maximum absolute atomic E-state index is 11.5. The molecular weight excluding hydrogens is 296 g/mol. The van der Waals surface area contributed by atoms with Gasteiger partial charge < -0.3 is 0 Å². The van der Waals surface area contributed by atoms with Gasteiger partial charge >= 0.3 is 0 Å². The molecule has 0 aliphatic rings. The van der Waals surface area contributed by atoms with Crippen molar-refractivity contribution in [2.75, 3.05) is 0 Å². The Morgan fingerprint density at radius 2 is 1.09 bits per heavy atom. The van der Waals surface area contributed by atoms with Gasteiger partial charge in [0, 0.05) is 49.4 Å². The second-order valence-electron chi connectivity index (χ2n) is 5.32. The summed E-state index contributed by atoms with van der Waals surface area (Å²) in [7, 11) is 0. The zero-order valence-electron chi connectivity index (χ0n) is 12.6. The Kier molecular flexibility index (Phi) is 8.73. The molecule has 0 aromatic heterocycles. The highest BCUT2D eigenvalue weighted by Gasteiger charge is 2.19. The van der Waals surface area contributed by atoms with Gasteiger partial charge in [-0.15, -0.1) is 0 Å². The van der Waals surface area contributed by atoms with Crippen LogP contribution in [0.1, 0.15) is 52.4 Å². The van der Waals surface area contributed by atoms with Crippen LogP contribution in [-0.2, 0) is 14.4 Å². The van der Waals surface area contributed by atoms with Crippen molar-refractivity contribution < 1.29 is 24.2 Å². The topological polar surface area (TPSA) is 137 Å². The molecule has 0 fully saturated rings. The van der Waals surface area contributed by atoms with Crippen LogP contribution in [0.15, 0.2) is 0 Å². The molecule has 0 aromatic carbocycles. The lowest BCUT2D eigenvalue weighted by molar-refractivity contribution is -0.518. The third-order valence-electron chi connectivity index (χ3n) is 3.19. The van der Waals surface area contributed by atoms with E-state index in [0.717, 1.165) is 0 Å². The van der Waals surface area contributed by atoms with Gasteiger partial charge in [-0.05, 0) is 0 Å².